The van der Waals surface area contributed by atoms with Crippen LogP contribution in [0.25, 0.3) is 0 Å². The van der Waals surface area contributed by atoms with Gasteiger partial charge in [-0.3, -0.25) is 5.10 Å². The molecule has 0 atom stereocenters. The van der Waals surface area contributed by atoms with E-state index in [9.17, 15) is 8.42 Å². The highest BCUT2D eigenvalue weighted by Gasteiger charge is 2.36. The Balaban J connectivity index is 2.04. The normalized spacial score (nSPS) is 17.9. The van der Waals surface area contributed by atoms with Gasteiger partial charge in [0.1, 0.15) is 0 Å². The van der Waals surface area contributed by atoms with Crippen molar-refractivity contribution < 1.29 is 8.42 Å². The van der Waals surface area contributed by atoms with Gasteiger partial charge in [0.25, 0.3) is 10.0 Å². The molecule has 1 heterocycles. The predicted octanol–water partition coefficient (Wildman–Crippen LogP) is 1.38. The molecular formula is C13H24N4O2S. The number of hydrogen-bond acceptors (Lipinski definition) is 4. The van der Waals surface area contributed by atoms with Crippen molar-refractivity contribution >= 4 is 10.0 Å². The van der Waals surface area contributed by atoms with Crippen LogP contribution >= 0.6 is 0 Å². The van der Waals surface area contributed by atoms with Crippen molar-refractivity contribution in [1.29, 1.82) is 0 Å². The van der Waals surface area contributed by atoms with Gasteiger partial charge in [0, 0.05) is 18.7 Å². The summed E-state index contributed by atoms with van der Waals surface area (Å²) in [5.41, 5.74) is 0.841. The van der Waals surface area contributed by atoms with Crippen LogP contribution in [-0.2, 0) is 16.6 Å². The Hall–Kier alpha value is -0.920. The van der Waals surface area contributed by atoms with Crippen LogP contribution in [0.3, 0.4) is 0 Å². The lowest BCUT2D eigenvalue weighted by Gasteiger charge is -2.41. The molecule has 0 saturated heterocycles. The lowest BCUT2D eigenvalue weighted by atomic mass is 9.67. The van der Waals surface area contributed by atoms with E-state index >= 15 is 0 Å². The Bertz CT molecular complexity index is 529. The van der Waals surface area contributed by atoms with Crippen LogP contribution < -0.4 is 10.0 Å². The largest absolute Gasteiger partial charge is 0.313 e. The zero-order valence-corrected chi connectivity index (χ0v) is 13.0. The van der Waals surface area contributed by atoms with Gasteiger partial charge in [0.2, 0.25) is 0 Å². The summed E-state index contributed by atoms with van der Waals surface area (Å²) in [7, 11) is -3.51. The van der Waals surface area contributed by atoms with Gasteiger partial charge in [-0.2, -0.15) is 5.10 Å². The second kappa shape index (κ2) is 6.24. The lowest BCUT2D eigenvalue weighted by Crippen LogP contribution is -2.42. The molecule has 0 radical (unpaired) electrons. The Morgan fingerprint density at radius 3 is 2.70 bits per heavy atom. The minimum atomic E-state index is -3.51. The van der Waals surface area contributed by atoms with E-state index < -0.39 is 10.0 Å². The van der Waals surface area contributed by atoms with E-state index in [2.05, 4.69) is 27.2 Å². The molecule has 1 aliphatic carbocycles. The van der Waals surface area contributed by atoms with Gasteiger partial charge in [-0.05, 0) is 31.2 Å². The number of nitrogens with zero attached hydrogens (tertiary/aromatic N) is 1. The van der Waals surface area contributed by atoms with E-state index in [1.165, 1.54) is 6.42 Å². The fraction of sp³-hybridized carbons (Fsp3) is 0.769. The number of aromatic nitrogens is 2. The van der Waals surface area contributed by atoms with E-state index in [1.54, 1.807) is 6.20 Å². The second-order valence-electron chi connectivity index (χ2n) is 5.54. The summed E-state index contributed by atoms with van der Waals surface area (Å²) in [5, 5.41) is 9.76. The minimum absolute atomic E-state index is 0.162. The SMILES string of the molecule is CCNCc1cn[nH]c1S(=O)(=O)NCC1(CC)CCC1. The fourth-order valence-electron chi connectivity index (χ4n) is 2.57. The van der Waals surface area contributed by atoms with E-state index in [4.69, 9.17) is 0 Å². The highest BCUT2D eigenvalue weighted by Crippen LogP contribution is 2.43. The number of sulfonamides is 1. The average Bonchev–Trinajstić information content (AvgIpc) is 2.84. The molecule has 0 unspecified atom stereocenters. The Kier molecular flexibility index (Phi) is 4.82. The fourth-order valence-corrected chi connectivity index (χ4v) is 3.85. The van der Waals surface area contributed by atoms with Crippen molar-refractivity contribution in [1.82, 2.24) is 20.2 Å². The van der Waals surface area contributed by atoms with Gasteiger partial charge in [0.15, 0.2) is 5.03 Å². The molecule has 1 aliphatic rings. The molecular weight excluding hydrogens is 276 g/mol. The molecule has 1 aromatic rings. The van der Waals surface area contributed by atoms with Crippen molar-refractivity contribution in [2.24, 2.45) is 5.41 Å². The van der Waals surface area contributed by atoms with Gasteiger partial charge in [-0.15, -0.1) is 0 Å². The third-order valence-corrected chi connectivity index (χ3v) is 5.73. The van der Waals surface area contributed by atoms with Crippen molar-refractivity contribution in [3.63, 3.8) is 0 Å². The van der Waals surface area contributed by atoms with Crippen LogP contribution in [0.15, 0.2) is 11.2 Å². The maximum Gasteiger partial charge on any atom is 0.257 e. The minimum Gasteiger partial charge on any atom is -0.313 e. The summed E-state index contributed by atoms with van der Waals surface area (Å²) in [4.78, 5) is 0. The average molecular weight is 300 g/mol. The zero-order chi connectivity index (χ0) is 14.6. The first kappa shape index (κ1) is 15.5. The zero-order valence-electron chi connectivity index (χ0n) is 12.2. The summed E-state index contributed by atoms with van der Waals surface area (Å²) >= 11 is 0. The monoisotopic (exact) mass is 300 g/mol. The lowest BCUT2D eigenvalue weighted by molar-refractivity contribution is 0.133. The van der Waals surface area contributed by atoms with E-state index in [0.29, 0.717) is 18.7 Å². The molecule has 0 aromatic carbocycles. The quantitative estimate of drug-likeness (QED) is 0.677. The second-order valence-corrected chi connectivity index (χ2v) is 7.24. The topological polar surface area (TPSA) is 86.9 Å². The number of nitrogens with one attached hydrogen (secondary N) is 3. The molecule has 0 aliphatic heterocycles. The number of rotatable bonds is 8. The summed E-state index contributed by atoms with van der Waals surface area (Å²) in [5.74, 6) is 0. The van der Waals surface area contributed by atoms with Gasteiger partial charge >= 0.3 is 0 Å². The van der Waals surface area contributed by atoms with Gasteiger partial charge < -0.3 is 5.32 Å². The van der Waals surface area contributed by atoms with Crippen LogP contribution in [0.1, 0.15) is 45.1 Å². The molecule has 0 bridgehead atoms. The molecule has 1 saturated carbocycles. The molecule has 2 rings (SSSR count). The first-order chi connectivity index (χ1) is 9.53. The number of aromatic amines is 1. The predicted molar refractivity (Wildman–Crippen MR) is 77.7 cm³/mol. The number of hydrogen-bond donors (Lipinski definition) is 3. The molecule has 6 nitrogen and oxygen atoms in total. The summed E-state index contributed by atoms with van der Waals surface area (Å²) in [6.45, 7) is 5.92. The van der Waals surface area contributed by atoms with Crippen molar-refractivity contribution in [2.45, 2.75) is 51.1 Å². The molecule has 0 amide bonds. The number of H-pyrrole nitrogens is 1. The van der Waals surface area contributed by atoms with Gasteiger partial charge in [0.05, 0.1) is 6.20 Å². The first-order valence-electron chi connectivity index (χ1n) is 7.25. The summed E-state index contributed by atoms with van der Waals surface area (Å²) < 4.78 is 27.5. The van der Waals surface area contributed by atoms with E-state index in [-0.39, 0.29) is 10.4 Å². The maximum atomic E-state index is 12.4. The van der Waals surface area contributed by atoms with Crippen LogP contribution in [0.5, 0.6) is 0 Å². The molecule has 3 N–H and O–H groups in total. The summed E-state index contributed by atoms with van der Waals surface area (Å²) in [6.07, 6.45) is 6.00. The van der Waals surface area contributed by atoms with Crippen LogP contribution in [0, 0.1) is 5.41 Å². The van der Waals surface area contributed by atoms with E-state index in [0.717, 1.165) is 25.8 Å². The Labute approximate surface area is 120 Å². The third kappa shape index (κ3) is 3.21. The van der Waals surface area contributed by atoms with Crippen LogP contribution in [0.4, 0.5) is 0 Å². The molecule has 0 spiro atoms. The van der Waals surface area contributed by atoms with Crippen molar-refractivity contribution in [2.75, 3.05) is 13.1 Å². The first-order valence-corrected chi connectivity index (χ1v) is 8.74. The highest BCUT2D eigenvalue weighted by molar-refractivity contribution is 7.89. The molecule has 1 aromatic heterocycles. The molecule has 20 heavy (non-hydrogen) atoms. The molecule has 1 fully saturated rings. The van der Waals surface area contributed by atoms with Crippen LogP contribution in [-0.4, -0.2) is 31.7 Å². The summed E-state index contributed by atoms with van der Waals surface area (Å²) in [6, 6.07) is 0. The van der Waals surface area contributed by atoms with Crippen LogP contribution in [0.2, 0.25) is 0 Å². The van der Waals surface area contributed by atoms with E-state index in [1.807, 2.05) is 6.92 Å². The van der Waals surface area contributed by atoms with Crippen molar-refractivity contribution in [3.05, 3.63) is 11.8 Å². The van der Waals surface area contributed by atoms with Gasteiger partial charge in [-0.1, -0.05) is 20.3 Å². The molecule has 114 valence electrons. The molecule has 7 heteroatoms. The third-order valence-electron chi connectivity index (χ3n) is 4.31. The smallest absolute Gasteiger partial charge is 0.257 e. The van der Waals surface area contributed by atoms with Gasteiger partial charge in [-0.25, -0.2) is 13.1 Å². The van der Waals surface area contributed by atoms with Crippen molar-refractivity contribution in [3.8, 4) is 0 Å². The maximum absolute atomic E-state index is 12.4. The highest BCUT2D eigenvalue weighted by atomic mass is 32.2. The Morgan fingerprint density at radius 1 is 1.40 bits per heavy atom. The Morgan fingerprint density at radius 2 is 2.15 bits per heavy atom. The standard InChI is InChI=1S/C13H24N4O2S/c1-3-13(6-5-7-13)10-16-20(18,19)12-11(8-14-4-2)9-15-17-12/h9,14,16H,3-8,10H2,1-2H3,(H,15,17).